The summed E-state index contributed by atoms with van der Waals surface area (Å²) in [4.78, 5) is 21.1. The number of aryl methyl sites for hydroxylation is 1. The van der Waals surface area contributed by atoms with E-state index in [9.17, 15) is 9.18 Å². The van der Waals surface area contributed by atoms with Crippen LogP contribution in [0.25, 0.3) is 0 Å². The number of ether oxygens (including phenoxy) is 2. The molecule has 8 heteroatoms. The molecule has 0 fully saturated rings. The minimum atomic E-state index is -0.406. The molecule has 3 aromatic rings. The van der Waals surface area contributed by atoms with Gasteiger partial charge in [-0.1, -0.05) is 6.07 Å². The summed E-state index contributed by atoms with van der Waals surface area (Å²) in [5.74, 6) is 0.807. The fraction of sp³-hybridized carbons (Fsp3) is 0.190. The Balaban J connectivity index is 1.71. The summed E-state index contributed by atoms with van der Waals surface area (Å²) >= 11 is 0. The molecule has 1 heterocycles. The molecule has 0 saturated carbocycles. The lowest BCUT2D eigenvalue weighted by atomic mass is 10.2. The summed E-state index contributed by atoms with van der Waals surface area (Å²) in [6, 6.07) is 12.7. The predicted octanol–water partition coefficient (Wildman–Crippen LogP) is 3.81. The molecule has 1 amide bonds. The van der Waals surface area contributed by atoms with Crippen LogP contribution >= 0.6 is 0 Å². The van der Waals surface area contributed by atoms with Crippen LogP contribution in [0.15, 0.2) is 48.5 Å². The Morgan fingerprint density at radius 2 is 1.72 bits per heavy atom. The number of carbonyl (C=O) groups excluding carboxylic acids is 1. The first-order valence-electron chi connectivity index (χ1n) is 8.86. The van der Waals surface area contributed by atoms with Gasteiger partial charge in [0.1, 0.15) is 11.5 Å². The van der Waals surface area contributed by atoms with Crippen LogP contribution in [-0.4, -0.2) is 30.1 Å². The summed E-state index contributed by atoms with van der Waals surface area (Å²) in [6.07, 6.45) is 0. The number of nitrogens with zero attached hydrogens (tertiary/aromatic N) is 2. The molecule has 0 aliphatic rings. The number of rotatable bonds is 7. The van der Waals surface area contributed by atoms with Crippen molar-refractivity contribution < 1.29 is 18.7 Å². The molecular formula is C21H21FN4O3. The highest BCUT2D eigenvalue weighted by Gasteiger charge is 2.12. The summed E-state index contributed by atoms with van der Waals surface area (Å²) in [7, 11) is 3.15. The van der Waals surface area contributed by atoms with Crippen molar-refractivity contribution in [3.63, 3.8) is 0 Å². The molecule has 2 aromatic carbocycles. The van der Waals surface area contributed by atoms with Gasteiger partial charge < -0.3 is 20.1 Å². The van der Waals surface area contributed by atoms with E-state index in [4.69, 9.17) is 9.47 Å². The Morgan fingerprint density at radius 1 is 1.00 bits per heavy atom. The number of hydrogen-bond donors (Lipinski definition) is 2. The molecule has 150 valence electrons. The quantitative estimate of drug-likeness (QED) is 0.632. The van der Waals surface area contributed by atoms with Crippen LogP contribution in [0.3, 0.4) is 0 Å². The lowest BCUT2D eigenvalue weighted by Crippen LogP contribution is -2.16. The van der Waals surface area contributed by atoms with E-state index >= 15 is 0 Å². The van der Waals surface area contributed by atoms with Crippen LogP contribution in [-0.2, 0) is 6.54 Å². The first-order valence-corrected chi connectivity index (χ1v) is 8.86. The van der Waals surface area contributed by atoms with Crippen molar-refractivity contribution >= 4 is 17.5 Å². The van der Waals surface area contributed by atoms with E-state index in [1.54, 1.807) is 27.2 Å². The van der Waals surface area contributed by atoms with Gasteiger partial charge in [0.15, 0.2) is 11.5 Å². The SMILES string of the molecule is COc1ccc(CNc2nc(C)cc(C(=O)Nc3ccc(F)cc3)n2)cc1OC. The number of methoxy groups -OCH3 is 2. The van der Waals surface area contributed by atoms with Gasteiger partial charge in [0.25, 0.3) is 5.91 Å². The van der Waals surface area contributed by atoms with E-state index in [1.807, 2.05) is 18.2 Å². The zero-order chi connectivity index (χ0) is 20.8. The molecular weight excluding hydrogens is 375 g/mol. The number of amides is 1. The number of anilines is 2. The largest absolute Gasteiger partial charge is 0.493 e. The average Bonchev–Trinajstić information content (AvgIpc) is 2.73. The summed E-state index contributed by atoms with van der Waals surface area (Å²) < 4.78 is 23.5. The van der Waals surface area contributed by atoms with Gasteiger partial charge in [0.2, 0.25) is 5.95 Å². The minimum absolute atomic E-state index is 0.205. The van der Waals surface area contributed by atoms with Crippen molar-refractivity contribution in [2.45, 2.75) is 13.5 Å². The third-order valence-electron chi connectivity index (χ3n) is 4.09. The van der Waals surface area contributed by atoms with Crippen LogP contribution in [0.4, 0.5) is 16.0 Å². The highest BCUT2D eigenvalue weighted by atomic mass is 19.1. The van der Waals surface area contributed by atoms with Gasteiger partial charge in [-0.2, -0.15) is 0 Å². The molecule has 7 nitrogen and oxygen atoms in total. The Morgan fingerprint density at radius 3 is 2.41 bits per heavy atom. The van der Waals surface area contributed by atoms with Crippen molar-refractivity contribution in [1.82, 2.24) is 9.97 Å². The second kappa shape index (κ2) is 9.01. The number of carbonyl (C=O) groups is 1. The number of halogens is 1. The van der Waals surface area contributed by atoms with Crippen LogP contribution < -0.4 is 20.1 Å². The van der Waals surface area contributed by atoms with E-state index < -0.39 is 5.91 Å². The van der Waals surface area contributed by atoms with Gasteiger partial charge in [-0.3, -0.25) is 4.79 Å². The second-order valence-electron chi connectivity index (χ2n) is 6.22. The van der Waals surface area contributed by atoms with E-state index in [0.29, 0.717) is 35.4 Å². The van der Waals surface area contributed by atoms with Gasteiger partial charge >= 0.3 is 0 Å². The van der Waals surface area contributed by atoms with Gasteiger partial charge in [-0.05, 0) is 55.0 Å². The summed E-state index contributed by atoms with van der Waals surface area (Å²) in [5, 5.41) is 5.80. The van der Waals surface area contributed by atoms with Crippen molar-refractivity contribution in [3.05, 3.63) is 71.3 Å². The number of aromatic nitrogens is 2. The highest BCUT2D eigenvalue weighted by molar-refractivity contribution is 6.03. The first-order chi connectivity index (χ1) is 14.0. The van der Waals surface area contributed by atoms with Crippen molar-refractivity contribution in [3.8, 4) is 11.5 Å². The topological polar surface area (TPSA) is 85.4 Å². The summed E-state index contributed by atoms with van der Waals surface area (Å²) in [5.41, 5.74) is 2.26. The smallest absolute Gasteiger partial charge is 0.274 e. The van der Waals surface area contributed by atoms with E-state index in [-0.39, 0.29) is 11.5 Å². The molecule has 0 saturated heterocycles. The molecule has 0 bridgehead atoms. The molecule has 0 unspecified atom stereocenters. The summed E-state index contributed by atoms with van der Waals surface area (Å²) in [6.45, 7) is 2.21. The van der Waals surface area contributed by atoms with Crippen molar-refractivity contribution in [2.24, 2.45) is 0 Å². The fourth-order valence-corrected chi connectivity index (χ4v) is 2.66. The molecule has 0 spiro atoms. The number of hydrogen-bond acceptors (Lipinski definition) is 6. The monoisotopic (exact) mass is 396 g/mol. The molecule has 0 aliphatic carbocycles. The zero-order valence-electron chi connectivity index (χ0n) is 16.3. The van der Waals surface area contributed by atoms with Gasteiger partial charge in [0, 0.05) is 17.9 Å². The second-order valence-corrected chi connectivity index (χ2v) is 6.22. The van der Waals surface area contributed by atoms with Crippen LogP contribution in [0.1, 0.15) is 21.7 Å². The number of nitrogens with one attached hydrogen (secondary N) is 2. The molecule has 0 aliphatic heterocycles. The van der Waals surface area contributed by atoms with Crippen molar-refractivity contribution in [2.75, 3.05) is 24.9 Å². The normalized spacial score (nSPS) is 10.3. The first kappa shape index (κ1) is 20.1. The van der Waals surface area contributed by atoms with Crippen LogP contribution in [0, 0.1) is 12.7 Å². The van der Waals surface area contributed by atoms with Crippen molar-refractivity contribution in [1.29, 1.82) is 0 Å². The molecule has 1 aromatic heterocycles. The number of benzene rings is 2. The Kier molecular flexibility index (Phi) is 6.23. The van der Waals surface area contributed by atoms with E-state index in [1.165, 1.54) is 24.3 Å². The van der Waals surface area contributed by atoms with Crippen LogP contribution in [0.5, 0.6) is 11.5 Å². The van der Waals surface area contributed by atoms with Crippen LogP contribution in [0.2, 0.25) is 0 Å². The Hall–Kier alpha value is -3.68. The molecule has 2 N–H and O–H groups in total. The fourth-order valence-electron chi connectivity index (χ4n) is 2.66. The van der Waals surface area contributed by atoms with Gasteiger partial charge in [0.05, 0.1) is 14.2 Å². The zero-order valence-corrected chi connectivity index (χ0v) is 16.3. The minimum Gasteiger partial charge on any atom is -0.493 e. The third-order valence-corrected chi connectivity index (χ3v) is 4.09. The molecule has 29 heavy (non-hydrogen) atoms. The lowest BCUT2D eigenvalue weighted by Gasteiger charge is -2.11. The standard InChI is InChI=1S/C21H21FN4O3/c1-13-10-17(20(27)25-16-7-5-15(22)6-8-16)26-21(24-13)23-12-14-4-9-18(28-2)19(11-14)29-3/h4-11H,12H2,1-3H3,(H,25,27)(H,23,24,26). The average molecular weight is 396 g/mol. The van der Waals surface area contributed by atoms with Gasteiger partial charge in [-0.15, -0.1) is 0 Å². The maximum absolute atomic E-state index is 13.0. The lowest BCUT2D eigenvalue weighted by molar-refractivity contribution is 0.102. The third kappa shape index (κ3) is 5.19. The predicted molar refractivity (Wildman–Crippen MR) is 108 cm³/mol. The maximum Gasteiger partial charge on any atom is 0.274 e. The maximum atomic E-state index is 13.0. The Labute approximate surface area is 167 Å². The van der Waals surface area contributed by atoms with E-state index in [0.717, 1.165) is 5.56 Å². The molecule has 3 rings (SSSR count). The Bertz CT molecular complexity index is 1010. The molecule has 0 atom stereocenters. The molecule has 0 radical (unpaired) electrons. The van der Waals surface area contributed by atoms with Gasteiger partial charge in [-0.25, -0.2) is 14.4 Å². The van der Waals surface area contributed by atoms with E-state index in [2.05, 4.69) is 20.6 Å². The highest BCUT2D eigenvalue weighted by Crippen LogP contribution is 2.27.